The number of rotatable bonds is 4. The van der Waals surface area contributed by atoms with Crippen molar-refractivity contribution in [3.8, 4) is 0 Å². The molecule has 1 fully saturated rings. The lowest BCUT2D eigenvalue weighted by atomic mass is 9.97. The van der Waals surface area contributed by atoms with Crippen LogP contribution in [0.2, 0.25) is 5.02 Å². The molecule has 4 rings (SSSR count). The second-order valence-corrected chi connectivity index (χ2v) is 8.08. The molecule has 1 atom stereocenters. The molecule has 1 heterocycles. The summed E-state index contributed by atoms with van der Waals surface area (Å²) in [6.07, 6.45) is 3.01. The van der Waals surface area contributed by atoms with Gasteiger partial charge in [0.25, 0.3) is 0 Å². The van der Waals surface area contributed by atoms with E-state index < -0.39 is 0 Å². The molecule has 28 heavy (non-hydrogen) atoms. The lowest BCUT2D eigenvalue weighted by molar-refractivity contribution is -0.139. The molecule has 2 amide bonds. The molecule has 2 aliphatic rings. The summed E-state index contributed by atoms with van der Waals surface area (Å²) < 4.78 is 0. The van der Waals surface area contributed by atoms with Crippen molar-refractivity contribution in [3.63, 3.8) is 0 Å². The molecule has 0 bridgehead atoms. The maximum absolute atomic E-state index is 12.8. The monoisotopic (exact) mass is 396 g/mol. The first-order valence-corrected chi connectivity index (χ1v) is 10.4. The van der Waals surface area contributed by atoms with E-state index in [2.05, 4.69) is 24.3 Å². The van der Waals surface area contributed by atoms with Gasteiger partial charge in [0.1, 0.15) is 0 Å². The fraction of sp³-hybridized carbons (Fsp3) is 0.391. The van der Waals surface area contributed by atoms with Crippen molar-refractivity contribution in [3.05, 3.63) is 70.2 Å². The highest BCUT2D eigenvalue weighted by Crippen LogP contribution is 2.35. The Morgan fingerprint density at radius 2 is 1.54 bits per heavy atom. The predicted molar refractivity (Wildman–Crippen MR) is 110 cm³/mol. The van der Waals surface area contributed by atoms with Crippen LogP contribution in [0.25, 0.3) is 0 Å². The Morgan fingerprint density at radius 3 is 2.29 bits per heavy atom. The van der Waals surface area contributed by atoms with E-state index in [1.165, 1.54) is 11.1 Å². The maximum atomic E-state index is 12.8. The quantitative estimate of drug-likeness (QED) is 0.791. The van der Waals surface area contributed by atoms with E-state index in [1.807, 2.05) is 34.1 Å². The average molecular weight is 397 g/mol. The summed E-state index contributed by atoms with van der Waals surface area (Å²) in [4.78, 5) is 29.1. The first kappa shape index (κ1) is 19.0. The first-order valence-electron chi connectivity index (χ1n) is 9.98. The summed E-state index contributed by atoms with van der Waals surface area (Å²) in [5.41, 5.74) is 3.58. The zero-order chi connectivity index (χ0) is 19.5. The summed E-state index contributed by atoms with van der Waals surface area (Å²) in [6, 6.07) is 15.9. The largest absolute Gasteiger partial charge is 0.339 e. The number of hydrogen-bond acceptors (Lipinski definition) is 2. The fourth-order valence-corrected chi connectivity index (χ4v) is 4.52. The first-order chi connectivity index (χ1) is 13.6. The van der Waals surface area contributed by atoms with Crippen LogP contribution in [0, 0.1) is 0 Å². The van der Waals surface area contributed by atoms with Gasteiger partial charge in [0.15, 0.2) is 0 Å². The molecule has 0 spiro atoms. The molecule has 0 radical (unpaired) electrons. The van der Waals surface area contributed by atoms with Gasteiger partial charge in [-0.1, -0.05) is 54.1 Å². The summed E-state index contributed by atoms with van der Waals surface area (Å²) in [5.74, 6) is 0.619. The van der Waals surface area contributed by atoms with Gasteiger partial charge in [-0.15, -0.1) is 0 Å². The van der Waals surface area contributed by atoms with Gasteiger partial charge in [0, 0.05) is 37.6 Å². The van der Waals surface area contributed by atoms with Gasteiger partial charge in [-0.2, -0.15) is 0 Å². The van der Waals surface area contributed by atoms with E-state index in [0.717, 1.165) is 18.4 Å². The topological polar surface area (TPSA) is 40.6 Å². The maximum Gasteiger partial charge on any atom is 0.227 e. The molecular weight excluding hydrogens is 372 g/mol. The van der Waals surface area contributed by atoms with Crippen LogP contribution in [0.3, 0.4) is 0 Å². The molecule has 1 aliphatic carbocycles. The van der Waals surface area contributed by atoms with Crippen molar-refractivity contribution in [1.82, 2.24) is 9.80 Å². The van der Waals surface area contributed by atoms with E-state index in [4.69, 9.17) is 11.6 Å². The number of nitrogens with zero attached hydrogens (tertiary/aromatic N) is 2. The SMILES string of the molecule is O=C(Cc1ccccc1Cl)N1CCN(C(=O)CC2CCc3ccccc32)CC1. The predicted octanol–water partition coefficient (Wildman–Crippen LogP) is 3.67. The Balaban J connectivity index is 1.29. The minimum Gasteiger partial charge on any atom is -0.339 e. The van der Waals surface area contributed by atoms with Crippen molar-refractivity contribution in [1.29, 1.82) is 0 Å². The van der Waals surface area contributed by atoms with Crippen molar-refractivity contribution in [2.24, 2.45) is 0 Å². The number of aryl methyl sites for hydroxylation is 1. The molecule has 1 saturated heterocycles. The van der Waals surface area contributed by atoms with Crippen molar-refractivity contribution in [2.75, 3.05) is 26.2 Å². The Hall–Kier alpha value is -2.33. The molecule has 2 aromatic carbocycles. The van der Waals surface area contributed by atoms with Gasteiger partial charge < -0.3 is 9.80 Å². The number of hydrogen-bond donors (Lipinski definition) is 0. The van der Waals surface area contributed by atoms with Gasteiger partial charge in [-0.05, 0) is 41.5 Å². The summed E-state index contributed by atoms with van der Waals surface area (Å²) in [7, 11) is 0. The number of fused-ring (bicyclic) bond motifs is 1. The second kappa shape index (κ2) is 8.36. The van der Waals surface area contributed by atoms with Gasteiger partial charge in [0.2, 0.25) is 11.8 Å². The summed E-state index contributed by atoms with van der Waals surface area (Å²) >= 11 is 6.17. The highest BCUT2D eigenvalue weighted by Gasteiger charge is 2.29. The number of benzene rings is 2. The zero-order valence-electron chi connectivity index (χ0n) is 15.9. The van der Waals surface area contributed by atoms with Gasteiger partial charge in [-0.3, -0.25) is 9.59 Å². The van der Waals surface area contributed by atoms with Crippen LogP contribution in [-0.2, 0) is 22.4 Å². The third kappa shape index (κ3) is 4.07. The second-order valence-electron chi connectivity index (χ2n) is 7.67. The average Bonchev–Trinajstić information content (AvgIpc) is 3.13. The molecule has 2 aromatic rings. The van der Waals surface area contributed by atoms with Gasteiger partial charge in [0.05, 0.1) is 6.42 Å². The van der Waals surface area contributed by atoms with E-state index >= 15 is 0 Å². The van der Waals surface area contributed by atoms with Crippen LogP contribution >= 0.6 is 11.6 Å². The normalized spacial score (nSPS) is 18.8. The molecule has 0 N–H and O–H groups in total. The Labute approximate surface area is 171 Å². The lowest BCUT2D eigenvalue weighted by Crippen LogP contribution is -2.51. The van der Waals surface area contributed by atoms with Gasteiger partial charge in [-0.25, -0.2) is 0 Å². The number of carbonyl (C=O) groups excluding carboxylic acids is 2. The Morgan fingerprint density at radius 1 is 0.893 bits per heavy atom. The van der Waals surface area contributed by atoms with Crippen molar-refractivity contribution >= 4 is 23.4 Å². The summed E-state index contributed by atoms with van der Waals surface area (Å²) in [6.45, 7) is 2.41. The fourth-order valence-electron chi connectivity index (χ4n) is 4.32. The van der Waals surface area contributed by atoms with Crippen LogP contribution in [0.15, 0.2) is 48.5 Å². The van der Waals surface area contributed by atoms with E-state index in [9.17, 15) is 9.59 Å². The summed E-state index contributed by atoms with van der Waals surface area (Å²) in [5, 5.41) is 0.626. The third-order valence-corrected chi connectivity index (χ3v) is 6.33. The minimum atomic E-state index is 0.0740. The van der Waals surface area contributed by atoms with E-state index in [0.29, 0.717) is 50.0 Å². The molecule has 146 valence electrons. The van der Waals surface area contributed by atoms with Crippen LogP contribution in [0.1, 0.15) is 35.4 Å². The van der Waals surface area contributed by atoms with Crippen LogP contribution < -0.4 is 0 Å². The number of amides is 2. The molecule has 1 aliphatic heterocycles. The highest BCUT2D eigenvalue weighted by atomic mass is 35.5. The molecule has 5 heteroatoms. The molecule has 1 unspecified atom stereocenters. The molecular formula is C23H25ClN2O2. The van der Waals surface area contributed by atoms with Crippen LogP contribution in [0.5, 0.6) is 0 Å². The standard InChI is InChI=1S/C23H25ClN2O2/c24-21-8-4-2-6-19(21)16-23(28)26-13-11-25(12-14-26)22(27)15-18-10-9-17-5-1-3-7-20(17)18/h1-8,18H,9-16H2. The van der Waals surface area contributed by atoms with Gasteiger partial charge >= 0.3 is 0 Å². The molecule has 0 aromatic heterocycles. The van der Waals surface area contributed by atoms with Crippen LogP contribution in [0.4, 0.5) is 0 Å². The van der Waals surface area contributed by atoms with Crippen molar-refractivity contribution < 1.29 is 9.59 Å². The molecule has 0 saturated carbocycles. The third-order valence-electron chi connectivity index (χ3n) is 5.96. The Bertz CT molecular complexity index is 874. The smallest absolute Gasteiger partial charge is 0.227 e. The van der Waals surface area contributed by atoms with Crippen molar-refractivity contribution in [2.45, 2.75) is 31.6 Å². The Kier molecular flexibility index (Phi) is 5.67. The number of carbonyl (C=O) groups is 2. The number of halogens is 1. The zero-order valence-corrected chi connectivity index (χ0v) is 16.7. The van der Waals surface area contributed by atoms with E-state index in [-0.39, 0.29) is 11.8 Å². The lowest BCUT2D eigenvalue weighted by Gasteiger charge is -2.35. The van der Waals surface area contributed by atoms with E-state index in [1.54, 1.807) is 0 Å². The highest BCUT2D eigenvalue weighted by molar-refractivity contribution is 6.31. The minimum absolute atomic E-state index is 0.0740. The number of piperazine rings is 1. The molecule has 4 nitrogen and oxygen atoms in total. The van der Waals surface area contributed by atoms with Crippen LogP contribution in [-0.4, -0.2) is 47.8 Å².